The van der Waals surface area contributed by atoms with Crippen LogP contribution in [0.1, 0.15) is 41.0 Å². The molecule has 1 atom stereocenters. The minimum absolute atomic E-state index is 0.0607. The molecule has 2 aromatic heterocycles. The first-order valence-electron chi connectivity index (χ1n) is 12.2. The van der Waals surface area contributed by atoms with Crippen LogP contribution < -0.4 is 16.4 Å². The highest BCUT2D eigenvalue weighted by atomic mass is 16.5. The van der Waals surface area contributed by atoms with Gasteiger partial charge in [0.2, 0.25) is 11.9 Å². The largest absolute Gasteiger partial charge is 0.516 e. The molecule has 2 rings (SSSR count). The van der Waals surface area contributed by atoms with Gasteiger partial charge in [0.25, 0.3) is 0 Å². The van der Waals surface area contributed by atoms with Gasteiger partial charge in [-0.3, -0.25) is 0 Å². The van der Waals surface area contributed by atoms with Gasteiger partial charge >= 0.3 is 0 Å². The SMILES string of the molecule is C=C/C=C(C)/C=C\C=C/C(C)=C(\CN(CCC)c1ncc2c(N)nc(N)nc2n1)C(C)OCC.C=CO. The summed E-state index contributed by atoms with van der Waals surface area (Å²) in [5.41, 5.74) is 15.6. The van der Waals surface area contributed by atoms with Crippen molar-refractivity contribution in [3.8, 4) is 0 Å². The highest BCUT2D eigenvalue weighted by Gasteiger charge is 2.19. The quantitative estimate of drug-likeness (QED) is 0.252. The van der Waals surface area contributed by atoms with Gasteiger partial charge in [-0.1, -0.05) is 62.1 Å². The average molecular weight is 508 g/mol. The molecule has 0 spiro atoms. The second kappa shape index (κ2) is 16.6. The topological polar surface area (TPSA) is 136 Å². The molecule has 0 aliphatic rings. The Morgan fingerprint density at radius 1 is 1.14 bits per heavy atom. The van der Waals surface area contributed by atoms with Crippen molar-refractivity contribution in [1.82, 2.24) is 19.9 Å². The van der Waals surface area contributed by atoms with Crippen LogP contribution in [0.25, 0.3) is 11.0 Å². The Morgan fingerprint density at radius 2 is 1.81 bits per heavy atom. The molecule has 1 unspecified atom stereocenters. The van der Waals surface area contributed by atoms with E-state index < -0.39 is 0 Å². The van der Waals surface area contributed by atoms with E-state index in [1.165, 1.54) is 0 Å². The number of anilines is 3. The predicted octanol–water partition coefficient (Wildman–Crippen LogP) is 5.47. The van der Waals surface area contributed by atoms with Crippen LogP contribution in [-0.2, 0) is 4.74 Å². The minimum Gasteiger partial charge on any atom is -0.516 e. The van der Waals surface area contributed by atoms with E-state index in [9.17, 15) is 0 Å². The van der Waals surface area contributed by atoms with Gasteiger partial charge in [0.15, 0.2) is 5.65 Å². The molecule has 2 aromatic rings. The molecular formula is C28H41N7O2. The predicted molar refractivity (Wildman–Crippen MR) is 155 cm³/mol. The van der Waals surface area contributed by atoms with E-state index in [1.807, 2.05) is 38.2 Å². The molecule has 5 N–H and O–H groups in total. The van der Waals surface area contributed by atoms with E-state index in [2.05, 4.69) is 64.8 Å². The number of rotatable bonds is 12. The summed E-state index contributed by atoms with van der Waals surface area (Å²) in [4.78, 5) is 19.6. The average Bonchev–Trinajstić information content (AvgIpc) is 2.84. The van der Waals surface area contributed by atoms with Crippen LogP contribution in [0.15, 0.2) is 78.8 Å². The number of hydrogen-bond acceptors (Lipinski definition) is 9. The maximum atomic E-state index is 7.33. The first-order valence-corrected chi connectivity index (χ1v) is 12.2. The molecule has 0 saturated carbocycles. The van der Waals surface area contributed by atoms with Crippen molar-refractivity contribution < 1.29 is 9.84 Å². The molecule has 0 aliphatic heterocycles. The maximum absolute atomic E-state index is 7.33. The van der Waals surface area contributed by atoms with E-state index >= 15 is 0 Å². The smallest absolute Gasteiger partial charge is 0.227 e. The Morgan fingerprint density at radius 3 is 2.43 bits per heavy atom. The van der Waals surface area contributed by atoms with Crippen LogP contribution >= 0.6 is 0 Å². The lowest BCUT2D eigenvalue weighted by Gasteiger charge is -2.27. The Hall–Kier alpha value is -3.98. The lowest BCUT2D eigenvalue weighted by Crippen LogP contribution is -2.32. The van der Waals surface area contributed by atoms with Gasteiger partial charge in [-0.2, -0.15) is 15.0 Å². The summed E-state index contributed by atoms with van der Waals surface area (Å²) >= 11 is 0. The number of aliphatic hydroxyl groups excluding tert-OH is 1. The third kappa shape index (κ3) is 10.3. The van der Waals surface area contributed by atoms with Gasteiger partial charge < -0.3 is 26.2 Å². The Labute approximate surface area is 220 Å². The molecule has 0 radical (unpaired) electrons. The number of fused-ring (bicyclic) bond motifs is 1. The van der Waals surface area contributed by atoms with Crippen LogP contribution in [0.3, 0.4) is 0 Å². The van der Waals surface area contributed by atoms with Gasteiger partial charge in [-0.25, -0.2) is 4.98 Å². The van der Waals surface area contributed by atoms with Crippen LogP contribution in [0.4, 0.5) is 17.7 Å². The molecule has 0 saturated heterocycles. The summed E-state index contributed by atoms with van der Waals surface area (Å²) < 4.78 is 5.97. The molecule has 200 valence electrons. The van der Waals surface area contributed by atoms with Crippen LogP contribution in [0.2, 0.25) is 0 Å². The number of allylic oxidation sites excluding steroid dienone is 8. The monoisotopic (exact) mass is 507 g/mol. The first-order chi connectivity index (χ1) is 17.7. The van der Waals surface area contributed by atoms with Crippen molar-refractivity contribution in [2.24, 2.45) is 0 Å². The van der Waals surface area contributed by atoms with Crippen molar-refractivity contribution >= 4 is 28.7 Å². The Kier molecular flexibility index (Phi) is 14.0. The van der Waals surface area contributed by atoms with Crippen molar-refractivity contribution in [2.75, 3.05) is 36.1 Å². The number of nitrogen functional groups attached to an aromatic ring is 2. The van der Waals surface area contributed by atoms with E-state index in [0.717, 1.165) is 35.9 Å². The summed E-state index contributed by atoms with van der Waals surface area (Å²) in [7, 11) is 0. The fourth-order valence-electron chi connectivity index (χ4n) is 3.50. The standard InChI is InChI=1S/C26H37N7O.C2H4O/c1-7-12-18(4)13-10-11-14-19(5)22(20(6)34-9-3)17-33(15-8-2)26-29-16-21-23(27)30-25(28)31-24(21)32-26;1-2-3/h7,10-14,16,20H,1,8-9,15,17H2,2-6H3,(H4,27,28,29,30,31,32);2-3H,1H2/b13-10-,14-11-,18-12+,22-19+;. The van der Waals surface area contributed by atoms with Gasteiger partial charge in [0.1, 0.15) is 5.82 Å². The number of aliphatic hydroxyl groups is 1. The van der Waals surface area contributed by atoms with Gasteiger partial charge in [-0.15, -0.1) is 0 Å². The third-order valence-corrected chi connectivity index (χ3v) is 5.24. The molecule has 9 heteroatoms. The third-order valence-electron chi connectivity index (χ3n) is 5.24. The number of nitrogens with zero attached hydrogens (tertiary/aromatic N) is 5. The van der Waals surface area contributed by atoms with E-state index in [-0.39, 0.29) is 17.9 Å². The lowest BCUT2D eigenvalue weighted by atomic mass is 10.0. The second-order valence-electron chi connectivity index (χ2n) is 8.15. The molecule has 2 heterocycles. The van der Waals surface area contributed by atoms with E-state index in [1.54, 1.807) is 12.3 Å². The first kappa shape index (κ1) is 31.1. The van der Waals surface area contributed by atoms with E-state index in [4.69, 9.17) is 21.3 Å². The summed E-state index contributed by atoms with van der Waals surface area (Å²) in [6.45, 7) is 19.0. The fraction of sp³-hybridized carbons (Fsp3) is 0.357. The molecular weight excluding hydrogens is 466 g/mol. The summed E-state index contributed by atoms with van der Waals surface area (Å²) in [5.74, 6) is 0.929. The minimum atomic E-state index is -0.0607. The molecule has 37 heavy (non-hydrogen) atoms. The molecule has 0 aromatic carbocycles. The lowest BCUT2D eigenvalue weighted by molar-refractivity contribution is 0.0997. The summed E-state index contributed by atoms with van der Waals surface area (Å²) in [6, 6.07) is 0. The molecule has 0 amide bonds. The van der Waals surface area contributed by atoms with Crippen molar-refractivity contribution in [3.05, 3.63) is 78.8 Å². The number of ether oxygens (including phenoxy) is 1. The molecule has 0 bridgehead atoms. The summed E-state index contributed by atoms with van der Waals surface area (Å²) in [6.07, 6.45) is 15.2. The highest BCUT2D eigenvalue weighted by molar-refractivity contribution is 5.85. The maximum Gasteiger partial charge on any atom is 0.227 e. The number of aromatic nitrogens is 4. The zero-order valence-electron chi connectivity index (χ0n) is 22.7. The Bertz CT molecular complexity index is 1150. The van der Waals surface area contributed by atoms with Crippen molar-refractivity contribution in [2.45, 2.75) is 47.1 Å². The summed E-state index contributed by atoms with van der Waals surface area (Å²) in [5, 5.41) is 7.92. The Balaban J connectivity index is 0.00000217. The second-order valence-corrected chi connectivity index (χ2v) is 8.15. The molecule has 9 nitrogen and oxygen atoms in total. The van der Waals surface area contributed by atoms with Crippen molar-refractivity contribution in [3.63, 3.8) is 0 Å². The zero-order chi connectivity index (χ0) is 27.8. The number of hydrogen-bond donors (Lipinski definition) is 3. The normalized spacial score (nSPS) is 13.3. The van der Waals surface area contributed by atoms with Gasteiger partial charge in [0.05, 0.1) is 17.8 Å². The van der Waals surface area contributed by atoms with Gasteiger partial charge in [-0.05, 0) is 45.3 Å². The highest BCUT2D eigenvalue weighted by Crippen LogP contribution is 2.22. The number of nitrogens with two attached hydrogens (primary N) is 2. The fourth-order valence-corrected chi connectivity index (χ4v) is 3.50. The molecule has 0 fully saturated rings. The van der Waals surface area contributed by atoms with Crippen LogP contribution in [0, 0.1) is 0 Å². The van der Waals surface area contributed by atoms with Gasteiger partial charge in [0, 0.05) is 25.9 Å². The molecule has 0 aliphatic carbocycles. The van der Waals surface area contributed by atoms with E-state index in [0.29, 0.717) is 30.1 Å². The van der Waals surface area contributed by atoms with Crippen molar-refractivity contribution in [1.29, 1.82) is 0 Å². The van der Waals surface area contributed by atoms with Crippen LogP contribution in [-0.4, -0.2) is 50.8 Å². The zero-order valence-corrected chi connectivity index (χ0v) is 22.7. The van der Waals surface area contributed by atoms with Crippen LogP contribution in [0.5, 0.6) is 0 Å².